The summed E-state index contributed by atoms with van der Waals surface area (Å²) in [6, 6.07) is 15.1. The highest BCUT2D eigenvalue weighted by Crippen LogP contribution is 2.51. The summed E-state index contributed by atoms with van der Waals surface area (Å²) in [5.41, 5.74) is 8.12. The zero-order chi connectivity index (χ0) is 15.3. The van der Waals surface area contributed by atoms with Gasteiger partial charge in [-0.25, -0.2) is 0 Å². The van der Waals surface area contributed by atoms with Crippen molar-refractivity contribution in [2.24, 2.45) is 5.41 Å². The molecule has 0 N–H and O–H groups in total. The number of fused-ring (bicyclic) bond motifs is 4. The Bertz CT molecular complexity index is 812. The van der Waals surface area contributed by atoms with Crippen LogP contribution in [-0.2, 0) is 12.8 Å². The molecule has 0 bridgehead atoms. The average molecular weight is 288 g/mol. The summed E-state index contributed by atoms with van der Waals surface area (Å²) in [5, 5.41) is 0. The lowest BCUT2D eigenvalue weighted by molar-refractivity contribution is 0.412. The number of methoxy groups -OCH3 is 1. The van der Waals surface area contributed by atoms with Gasteiger partial charge in [0.05, 0.1) is 7.11 Å². The highest BCUT2D eigenvalue weighted by Gasteiger charge is 2.39. The smallest absolute Gasteiger partial charge is 0.119 e. The van der Waals surface area contributed by atoms with Crippen LogP contribution in [0.1, 0.15) is 29.2 Å². The Morgan fingerprint density at radius 2 is 1.77 bits per heavy atom. The first kappa shape index (κ1) is 13.4. The van der Waals surface area contributed by atoms with Crippen molar-refractivity contribution in [3.8, 4) is 5.75 Å². The molecule has 0 heterocycles. The molecule has 1 nitrogen and oxygen atoms in total. The zero-order valence-corrected chi connectivity index (χ0v) is 13.1. The van der Waals surface area contributed by atoms with E-state index in [0.29, 0.717) is 0 Å². The van der Waals surface area contributed by atoms with Crippen molar-refractivity contribution in [2.75, 3.05) is 7.11 Å². The maximum Gasteiger partial charge on any atom is 0.119 e. The van der Waals surface area contributed by atoms with Crippen LogP contribution in [0.25, 0.3) is 11.1 Å². The highest BCUT2D eigenvalue weighted by molar-refractivity contribution is 5.90. The second-order valence-electron chi connectivity index (χ2n) is 6.68. The topological polar surface area (TPSA) is 9.23 Å². The predicted molar refractivity (Wildman–Crippen MR) is 92.0 cm³/mol. The van der Waals surface area contributed by atoms with Crippen LogP contribution in [0, 0.1) is 5.41 Å². The molecule has 0 radical (unpaired) electrons. The van der Waals surface area contributed by atoms with E-state index in [9.17, 15) is 0 Å². The predicted octanol–water partition coefficient (Wildman–Crippen LogP) is 4.91. The molecule has 0 aromatic heterocycles. The average Bonchev–Trinajstić information content (AvgIpc) is 2.73. The molecule has 2 aliphatic rings. The lowest BCUT2D eigenvalue weighted by Gasteiger charge is -2.25. The standard InChI is InChI=1S/C21H20O/c1-14-10-20-19-7-5-4-6-15(19)12-21(20,2)13-16-11-17(22-3)8-9-18(14)16/h4-11H,1,12-13H2,2-3H3. The van der Waals surface area contributed by atoms with Crippen LogP contribution in [0.2, 0.25) is 0 Å². The van der Waals surface area contributed by atoms with Gasteiger partial charge in [-0.2, -0.15) is 0 Å². The third kappa shape index (κ3) is 1.85. The Balaban J connectivity index is 1.90. The van der Waals surface area contributed by atoms with E-state index in [-0.39, 0.29) is 5.41 Å². The monoisotopic (exact) mass is 288 g/mol. The maximum absolute atomic E-state index is 5.42. The first-order valence-corrected chi connectivity index (χ1v) is 7.77. The summed E-state index contributed by atoms with van der Waals surface area (Å²) < 4.78 is 5.42. The van der Waals surface area contributed by atoms with Crippen molar-refractivity contribution in [2.45, 2.75) is 19.8 Å². The molecule has 0 spiro atoms. The summed E-state index contributed by atoms with van der Waals surface area (Å²) in [5.74, 6) is 0.925. The zero-order valence-electron chi connectivity index (χ0n) is 13.1. The third-order valence-corrected chi connectivity index (χ3v) is 5.10. The maximum atomic E-state index is 5.42. The van der Waals surface area contributed by atoms with Crippen LogP contribution < -0.4 is 4.74 Å². The Morgan fingerprint density at radius 1 is 1.00 bits per heavy atom. The summed E-state index contributed by atoms with van der Waals surface area (Å²) >= 11 is 0. The van der Waals surface area contributed by atoms with Gasteiger partial charge in [0.15, 0.2) is 0 Å². The molecular weight excluding hydrogens is 268 g/mol. The minimum atomic E-state index is 0.143. The molecule has 0 saturated heterocycles. The van der Waals surface area contributed by atoms with Gasteiger partial charge in [-0.1, -0.05) is 49.9 Å². The minimum Gasteiger partial charge on any atom is -0.497 e. The van der Waals surface area contributed by atoms with Gasteiger partial charge in [0.1, 0.15) is 5.75 Å². The van der Waals surface area contributed by atoms with E-state index in [1.807, 2.05) is 6.07 Å². The van der Waals surface area contributed by atoms with Crippen molar-refractivity contribution in [3.05, 3.63) is 77.4 Å². The third-order valence-electron chi connectivity index (χ3n) is 5.10. The van der Waals surface area contributed by atoms with Crippen molar-refractivity contribution < 1.29 is 4.74 Å². The molecule has 1 heteroatoms. The van der Waals surface area contributed by atoms with E-state index >= 15 is 0 Å². The molecule has 2 aliphatic carbocycles. The summed E-state index contributed by atoms with van der Waals surface area (Å²) in [7, 11) is 1.73. The molecule has 2 aromatic rings. The van der Waals surface area contributed by atoms with Crippen LogP contribution in [0.4, 0.5) is 0 Å². The van der Waals surface area contributed by atoms with Crippen LogP contribution in [0.5, 0.6) is 5.75 Å². The molecule has 0 saturated carbocycles. The Labute approximate surface area is 131 Å². The van der Waals surface area contributed by atoms with Crippen molar-refractivity contribution >= 4 is 11.1 Å². The lowest BCUT2D eigenvalue weighted by Crippen LogP contribution is -2.18. The number of ether oxygens (including phenoxy) is 1. The molecule has 110 valence electrons. The quantitative estimate of drug-likeness (QED) is 0.724. The van der Waals surface area contributed by atoms with Gasteiger partial charge < -0.3 is 4.74 Å². The lowest BCUT2D eigenvalue weighted by atomic mass is 9.78. The van der Waals surface area contributed by atoms with E-state index in [0.717, 1.165) is 24.2 Å². The van der Waals surface area contributed by atoms with Gasteiger partial charge in [-0.3, -0.25) is 0 Å². The van der Waals surface area contributed by atoms with Crippen LogP contribution in [-0.4, -0.2) is 7.11 Å². The molecular formula is C21H20O. The van der Waals surface area contributed by atoms with Gasteiger partial charge in [-0.15, -0.1) is 0 Å². The molecule has 2 aromatic carbocycles. The summed E-state index contributed by atoms with van der Waals surface area (Å²) in [6.07, 6.45) is 4.42. The Kier molecular flexibility index (Phi) is 2.80. The normalized spacial score (nSPS) is 22.3. The van der Waals surface area contributed by atoms with Gasteiger partial charge in [0.25, 0.3) is 0 Å². The second kappa shape index (κ2) is 4.61. The van der Waals surface area contributed by atoms with Crippen LogP contribution in [0.15, 0.2) is 55.1 Å². The molecule has 22 heavy (non-hydrogen) atoms. The van der Waals surface area contributed by atoms with E-state index in [1.54, 1.807) is 7.11 Å². The van der Waals surface area contributed by atoms with Crippen molar-refractivity contribution in [1.82, 2.24) is 0 Å². The van der Waals surface area contributed by atoms with Crippen molar-refractivity contribution in [1.29, 1.82) is 0 Å². The molecule has 1 unspecified atom stereocenters. The molecule has 0 amide bonds. The number of hydrogen-bond donors (Lipinski definition) is 0. The molecule has 0 fully saturated rings. The van der Waals surface area contributed by atoms with Gasteiger partial charge in [0, 0.05) is 5.41 Å². The number of allylic oxidation sites excluding steroid dienone is 3. The second-order valence-corrected chi connectivity index (χ2v) is 6.68. The van der Waals surface area contributed by atoms with Gasteiger partial charge >= 0.3 is 0 Å². The first-order chi connectivity index (χ1) is 10.6. The van der Waals surface area contributed by atoms with E-state index in [1.165, 1.54) is 27.8 Å². The molecule has 1 atom stereocenters. The Hall–Kier alpha value is -2.28. The van der Waals surface area contributed by atoms with Gasteiger partial charge in [0.2, 0.25) is 0 Å². The SMILES string of the molecule is C=C1C=C2c3ccccc3CC2(C)Cc2cc(OC)ccc21. The van der Waals surface area contributed by atoms with Gasteiger partial charge in [-0.05, 0) is 58.4 Å². The molecule has 4 rings (SSSR count). The first-order valence-electron chi connectivity index (χ1n) is 7.77. The number of rotatable bonds is 1. The fourth-order valence-electron chi connectivity index (χ4n) is 4.02. The van der Waals surface area contributed by atoms with Crippen LogP contribution in [0.3, 0.4) is 0 Å². The Morgan fingerprint density at radius 3 is 2.59 bits per heavy atom. The summed E-state index contributed by atoms with van der Waals surface area (Å²) in [4.78, 5) is 0. The molecule has 0 aliphatic heterocycles. The fraction of sp³-hybridized carbons (Fsp3) is 0.238. The minimum absolute atomic E-state index is 0.143. The summed E-state index contributed by atoms with van der Waals surface area (Å²) in [6.45, 7) is 6.69. The highest BCUT2D eigenvalue weighted by atomic mass is 16.5. The van der Waals surface area contributed by atoms with E-state index in [4.69, 9.17) is 4.74 Å². The fourth-order valence-corrected chi connectivity index (χ4v) is 4.02. The number of benzene rings is 2. The number of hydrogen-bond acceptors (Lipinski definition) is 1. The van der Waals surface area contributed by atoms with Crippen LogP contribution >= 0.6 is 0 Å². The van der Waals surface area contributed by atoms with Crippen molar-refractivity contribution in [3.63, 3.8) is 0 Å². The largest absolute Gasteiger partial charge is 0.497 e. The van der Waals surface area contributed by atoms with E-state index in [2.05, 4.69) is 56.0 Å². The van der Waals surface area contributed by atoms with E-state index < -0.39 is 0 Å².